The fraction of sp³-hybridized carbons (Fsp3) is 0.333. The highest BCUT2D eigenvalue weighted by atomic mass is 16.5. The molecule has 0 aliphatic carbocycles. The molecular formula is C24H27N3O3. The van der Waals surface area contributed by atoms with Crippen LogP contribution in [0.15, 0.2) is 60.7 Å². The van der Waals surface area contributed by atoms with Crippen LogP contribution in [0.1, 0.15) is 34.6 Å². The fourth-order valence-electron chi connectivity index (χ4n) is 3.82. The zero-order chi connectivity index (χ0) is 20.9. The standard InChI is InChI=1S/C24H27N3O3/c1-18-14-23(25-27(18)20-9-4-3-5-10-20)24(28)26(17-22-12-7-13-30-22)16-19-8-6-11-21(15-19)29-2/h3-6,8-11,14-15,22H,7,12-13,16-17H2,1-2H3. The van der Waals surface area contributed by atoms with E-state index in [0.29, 0.717) is 18.8 Å². The van der Waals surface area contributed by atoms with Gasteiger partial charge in [-0.3, -0.25) is 4.79 Å². The lowest BCUT2D eigenvalue weighted by Gasteiger charge is -2.25. The van der Waals surface area contributed by atoms with Crippen LogP contribution in [0.4, 0.5) is 0 Å². The number of ether oxygens (including phenoxy) is 2. The van der Waals surface area contributed by atoms with Crippen molar-refractivity contribution in [2.75, 3.05) is 20.3 Å². The minimum atomic E-state index is -0.0916. The van der Waals surface area contributed by atoms with E-state index in [2.05, 4.69) is 5.10 Å². The quantitative estimate of drug-likeness (QED) is 0.596. The Bertz CT molecular complexity index is 994. The maximum absolute atomic E-state index is 13.5. The number of amides is 1. The molecule has 0 radical (unpaired) electrons. The van der Waals surface area contributed by atoms with Crippen molar-refractivity contribution in [1.29, 1.82) is 0 Å². The van der Waals surface area contributed by atoms with Gasteiger partial charge in [-0.25, -0.2) is 4.68 Å². The number of hydrogen-bond donors (Lipinski definition) is 0. The lowest BCUT2D eigenvalue weighted by molar-refractivity contribution is 0.0502. The molecule has 2 heterocycles. The van der Waals surface area contributed by atoms with Crippen molar-refractivity contribution in [3.63, 3.8) is 0 Å². The summed E-state index contributed by atoms with van der Waals surface area (Å²) in [5.74, 6) is 0.687. The minimum Gasteiger partial charge on any atom is -0.497 e. The van der Waals surface area contributed by atoms with E-state index in [0.717, 1.165) is 42.1 Å². The molecule has 0 spiro atoms. The van der Waals surface area contributed by atoms with Crippen LogP contribution < -0.4 is 4.74 Å². The highest BCUT2D eigenvalue weighted by Crippen LogP contribution is 2.20. The number of methoxy groups -OCH3 is 1. The molecule has 1 atom stereocenters. The molecule has 6 heteroatoms. The fourth-order valence-corrected chi connectivity index (χ4v) is 3.82. The zero-order valence-corrected chi connectivity index (χ0v) is 17.5. The predicted octanol–water partition coefficient (Wildman–Crippen LogP) is 4.01. The summed E-state index contributed by atoms with van der Waals surface area (Å²) in [5, 5.41) is 4.61. The maximum atomic E-state index is 13.5. The van der Waals surface area contributed by atoms with Crippen molar-refractivity contribution in [3.8, 4) is 11.4 Å². The number of hydrogen-bond acceptors (Lipinski definition) is 4. The monoisotopic (exact) mass is 405 g/mol. The number of aromatic nitrogens is 2. The topological polar surface area (TPSA) is 56.6 Å². The first-order chi connectivity index (χ1) is 14.6. The van der Waals surface area contributed by atoms with E-state index in [9.17, 15) is 4.79 Å². The van der Waals surface area contributed by atoms with Gasteiger partial charge in [0.15, 0.2) is 5.69 Å². The van der Waals surface area contributed by atoms with E-state index in [-0.39, 0.29) is 12.0 Å². The Morgan fingerprint density at radius 2 is 2.03 bits per heavy atom. The van der Waals surface area contributed by atoms with Gasteiger partial charge in [0, 0.05) is 25.4 Å². The van der Waals surface area contributed by atoms with Crippen LogP contribution >= 0.6 is 0 Å². The number of para-hydroxylation sites is 1. The number of benzene rings is 2. The second-order valence-electron chi connectivity index (χ2n) is 7.59. The van der Waals surface area contributed by atoms with Crippen LogP contribution in [0.5, 0.6) is 5.75 Å². The van der Waals surface area contributed by atoms with Crippen LogP contribution in [0.25, 0.3) is 5.69 Å². The Morgan fingerprint density at radius 1 is 1.20 bits per heavy atom. The van der Waals surface area contributed by atoms with E-state index in [1.165, 1.54) is 0 Å². The maximum Gasteiger partial charge on any atom is 0.274 e. The molecule has 30 heavy (non-hydrogen) atoms. The molecule has 3 aromatic rings. The molecule has 0 bridgehead atoms. The Balaban J connectivity index is 1.60. The van der Waals surface area contributed by atoms with Gasteiger partial charge < -0.3 is 14.4 Å². The van der Waals surface area contributed by atoms with E-state index in [1.807, 2.05) is 77.2 Å². The van der Waals surface area contributed by atoms with Crippen LogP contribution in [0.2, 0.25) is 0 Å². The summed E-state index contributed by atoms with van der Waals surface area (Å²) in [6.07, 6.45) is 2.07. The van der Waals surface area contributed by atoms with Gasteiger partial charge in [0.05, 0.1) is 18.9 Å². The smallest absolute Gasteiger partial charge is 0.274 e. The molecule has 1 unspecified atom stereocenters. The van der Waals surface area contributed by atoms with E-state index >= 15 is 0 Å². The Hall–Kier alpha value is -3.12. The summed E-state index contributed by atoms with van der Waals surface area (Å²) in [6.45, 7) is 3.75. The first-order valence-corrected chi connectivity index (χ1v) is 10.3. The van der Waals surface area contributed by atoms with E-state index < -0.39 is 0 Å². The first kappa shape index (κ1) is 20.2. The second-order valence-corrected chi connectivity index (χ2v) is 7.59. The molecule has 1 aliphatic rings. The Morgan fingerprint density at radius 3 is 2.77 bits per heavy atom. The van der Waals surface area contributed by atoms with Crippen molar-refractivity contribution < 1.29 is 14.3 Å². The summed E-state index contributed by atoms with van der Waals surface area (Å²) in [4.78, 5) is 15.3. The van der Waals surface area contributed by atoms with Crippen LogP contribution in [0, 0.1) is 6.92 Å². The van der Waals surface area contributed by atoms with Gasteiger partial charge >= 0.3 is 0 Å². The lowest BCUT2D eigenvalue weighted by Crippen LogP contribution is -2.37. The first-order valence-electron chi connectivity index (χ1n) is 10.3. The van der Waals surface area contributed by atoms with Gasteiger partial charge in [-0.05, 0) is 55.7 Å². The third-order valence-corrected chi connectivity index (χ3v) is 5.35. The summed E-state index contributed by atoms with van der Waals surface area (Å²) in [7, 11) is 1.65. The summed E-state index contributed by atoms with van der Waals surface area (Å²) < 4.78 is 13.0. The third kappa shape index (κ3) is 4.54. The number of carbonyl (C=O) groups is 1. The molecule has 0 saturated carbocycles. The molecule has 0 N–H and O–H groups in total. The van der Waals surface area contributed by atoms with E-state index in [4.69, 9.17) is 9.47 Å². The number of aryl methyl sites for hydroxylation is 1. The van der Waals surface area contributed by atoms with Crippen molar-refractivity contribution >= 4 is 5.91 Å². The van der Waals surface area contributed by atoms with Gasteiger partial charge in [0.1, 0.15) is 5.75 Å². The predicted molar refractivity (Wildman–Crippen MR) is 115 cm³/mol. The highest BCUT2D eigenvalue weighted by molar-refractivity contribution is 5.92. The normalized spacial score (nSPS) is 15.9. The van der Waals surface area contributed by atoms with Crippen LogP contribution in [0.3, 0.4) is 0 Å². The molecule has 2 aromatic carbocycles. The number of carbonyl (C=O) groups excluding carboxylic acids is 1. The number of rotatable bonds is 7. The molecule has 4 rings (SSSR count). The Kier molecular flexibility index (Phi) is 6.14. The third-order valence-electron chi connectivity index (χ3n) is 5.35. The second kappa shape index (κ2) is 9.13. The average Bonchev–Trinajstić information content (AvgIpc) is 3.43. The largest absolute Gasteiger partial charge is 0.497 e. The summed E-state index contributed by atoms with van der Waals surface area (Å²) in [5.41, 5.74) is 3.31. The van der Waals surface area contributed by atoms with Crippen LogP contribution in [-0.4, -0.2) is 47.0 Å². The van der Waals surface area contributed by atoms with Crippen LogP contribution in [-0.2, 0) is 11.3 Å². The van der Waals surface area contributed by atoms with Gasteiger partial charge in [-0.1, -0.05) is 30.3 Å². The molecule has 1 amide bonds. The molecule has 1 saturated heterocycles. The molecule has 1 aliphatic heterocycles. The highest BCUT2D eigenvalue weighted by Gasteiger charge is 2.26. The summed E-state index contributed by atoms with van der Waals surface area (Å²) in [6, 6.07) is 19.5. The molecule has 1 fully saturated rings. The van der Waals surface area contributed by atoms with E-state index in [1.54, 1.807) is 7.11 Å². The van der Waals surface area contributed by atoms with Gasteiger partial charge in [-0.2, -0.15) is 5.10 Å². The number of nitrogens with zero attached hydrogens (tertiary/aromatic N) is 3. The van der Waals surface area contributed by atoms with Crippen molar-refractivity contribution in [2.24, 2.45) is 0 Å². The SMILES string of the molecule is COc1cccc(CN(CC2CCCO2)C(=O)c2cc(C)n(-c3ccccc3)n2)c1. The van der Waals surface area contributed by atoms with Gasteiger partial charge in [0.25, 0.3) is 5.91 Å². The zero-order valence-electron chi connectivity index (χ0n) is 17.5. The molecule has 6 nitrogen and oxygen atoms in total. The van der Waals surface area contributed by atoms with Gasteiger partial charge in [-0.15, -0.1) is 0 Å². The lowest BCUT2D eigenvalue weighted by atomic mass is 10.1. The molecule has 1 aromatic heterocycles. The summed E-state index contributed by atoms with van der Waals surface area (Å²) >= 11 is 0. The molecule has 156 valence electrons. The van der Waals surface area contributed by atoms with Crippen molar-refractivity contribution in [3.05, 3.63) is 77.6 Å². The average molecular weight is 405 g/mol. The van der Waals surface area contributed by atoms with Crippen molar-refractivity contribution in [1.82, 2.24) is 14.7 Å². The molecular weight excluding hydrogens is 378 g/mol. The Labute approximate surface area is 177 Å². The van der Waals surface area contributed by atoms with Gasteiger partial charge in [0.2, 0.25) is 0 Å². The minimum absolute atomic E-state index is 0.0665. The van der Waals surface area contributed by atoms with Crippen molar-refractivity contribution in [2.45, 2.75) is 32.4 Å².